The maximum Gasteiger partial charge on any atom is 0.224 e. The van der Waals surface area contributed by atoms with Crippen molar-refractivity contribution >= 4 is 11.6 Å². The number of anilines is 1. The summed E-state index contributed by atoms with van der Waals surface area (Å²) in [6, 6.07) is 8.17. The number of hydrogen-bond acceptors (Lipinski definition) is 3. The number of amides is 1. The van der Waals surface area contributed by atoms with E-state index in [1.807, 2.05) is 12.1 Å². The average Bonchev–Trinajstić information content (AvgIpc) is 2.48. The topological polar surface area (TPSA) is 44.4 Å². The van der Waals surface area contributed by atoms with Gasteiger partial charge in [-0.3, -0.25) is 4.79 Å². The van der Waals surface area contributed by atoms with Gasteiger partial charge >= 0.3 is 0 Å². The lowest BCUT2D eigenvalue weighted by Crippen LogP contribution is -2.32. The van der Waals surface area contributed by atoms with Gasteiger partial charge in [0.1, 0.15) is 0 Å². The minimum atomic E-state index is 0.0528. The molecule has 1 aromatic carbocycles. The maximum atomic E-state index is 11.3. The normalized spacial score (nSPS) is 16.9. The molecule has 1 saturated heterocycles. The minimum Gasteiger partial charge on any atom is -0.385 e. The Bertz CT molecular complexity index is 422. The van der Waals surface area contributed by atoms with Crippen LogP contribution < -0.4 is 10.6 Å². The molecule has 1 amide bonds. The summed E-state index contributed by atoms with van der Waals surface area (Å²) in [5, 5.41) is 6.15. The molecule has 4 nitrogen and oxygen atoms in total. The molecule has 0 saturated carbocycles. The van der Waals surface area contributed by atoms with Crippen LogP contribution in [0.3, 0.4) is 0 Å². The lowest BCUT2D eigenvalue weighted by molar-refractivity contribution is -0.119. The van der Waals surface area contributed by atoms with Crippen LogP contribution in [0, 0.1) is 5.92 Å². The Balaban J connectivity index is 1.77. The number of benzene rings is 1. The van der Waals surface area contributed by atoms with Crippen molar-refractivity contribution < 1.29 is 4.79 Å². The summed E-state index contributed by atoms with van der Waals surface area (Å²) in [7, 11) is 3.86. The molecule has 4 heteroatoms. The number of carbonyl (C=O) groups excluding carboxylic acids is 1. The highest BCUT2D eigenvalue weighted by Crippen LogP contribution is 2.17. The standard InChI is InChI=1S/C16H25N3O/c1-17-16(20)11-13-3-5-15(6-4-13)18-12-14-7-9-19(2)10-8-14/h3-6,14,18H,7-12H2,1-2H3,(H,17,20). The van der Waals surface area contributed by atoms with Gasteiger partial charge in [0.25, 0.3) is 0 Å². The highest BCUT2D eigenvalue weighted by Gasteiger charge is 2.16. The summed E-state index contributed by atoms with van der Waals surface area (Å²) >= 11 is 0. The molecule has 1 aliphatic rings. The molecule has 1 fully saturated rings. The second-order valence-electron chi connectivity index (χ2n) is 5.67. The molecule has 110 valence electrons. The van der Waals surface area contributed by atoms with Crippen molar-refractivity contribution in [2.75, 3.05) is 39.0 Å². The summed E-state index contributed by atoms with van der Waals surface area (Å²) in [4.78, 5) is 13.7. The molecule has 1 aromatic rings. The first kappa shape index (κ1) is 14.9. The second kappa shape index (κ2) is 7.29. The zero-order valence-electron chi connectivity index (χ0n) is 12.5. The fraction of sp³-hybridized carbons (Fsp3) is 0.562. The van der Waals surface area contributed by atoms with Crippen LogP contribution in [0.1, 0.15) is 18.4 Å². The van der Waals surface area contributed by atoms with Gasteiger partial charge in [-0.05, 0) is 56.6 Å². The number of piperidine rings is 1. The summed E-state index contributed by atoms with van der Waals surface area (Å²) in [5.74, 6) is 0.828. The van der Waals surface area contributed by atoms with Gasteiger partial charge in [-0.15, -0.1) is 0 Å². The zero-order chi connectivity index (χ0) is 14.4. The molecule has 0 aliphatic carbocycles. The molecular formula is C16H25N3O. The lowest BCUT2D eigenvalue weighted by atomic mass is 9.97. The Morgan fingerprint density at radius 3 is 2.50 bits per heavy atom. The largest absolute Gasteiger partial charge is 0.385 e. The SMILES string of the molecule is CNC(=O)Cc1ccc(NCC2CCN(C)CC2)cc1. The predicted molar refractivity (Wildman–Crippen MR) is 82.9 cm³/mol. The van der Waals surface area contributed by atoms with Crippen LogP contribution in [0.25, 0.3) is 0 Å². The van der Waals surface area contributed by atoms with E-state index in [1.165, 1.54) is 25.9 Å². The second-order valence-corrected chi connectivity index (χ2v) is 5.67. The van der Waals surface area contributed by atoms with Gasteiger partial charge < -0.3 is 15.5 Å². The van der Waals surface area contributed by atoms with Crippen molar-refractivity contribution in [3.63, 3.8) is 0 Å². The molecule has 2 rings (SSSR count). The average molecular weight is 275 g/mol. The Hall–Kier alpha value is -1.55. The molecule has 0 unspecified atom stereocenters. The van der Waals surface area contributed by atoms with Gasteiger partial charge in [0.2, 0.25) is 5.91 Å². The molecular weight excluding hydrogens is 250 g/mol. The summed E-state index contributed by atoms with van der Waals surface area (Å²) in [6.07, 6.45) is 3.00. The van der Waals surface area contributed by atoms with Crippen LogP contribution in [0.5, 0.6) is 0 Å². The number of likely N-dealkylation sites (tertiary alicyclic amines) is 1. The van der Waals surface area contributed by atoms with Crippen LogP contribution in [0.4, 0.5) is 5.69 Å². The Morgan fingerprint density at radius 1 is 1.25 bits per heavy atom. The molecule has 0 atom stereocenters. The van der Waals surface area contributed by atoms with Crippen molar-refractivity contribution in [3.8, 4) is 0 Å². The Labute approximate surface area is 121 Å². The molecule has 0 bridgehead atoms. The third kappa shape index (κ3) is 4.53. The van der Waals surface area contributed by atoms with Crippen molar-refractivity contribution in [3.05, 3.63) is 29.8 Å². The quantitative estimate of drug-likeness (QED) is 0.860. The third-order valence-corrected chi connectivity index (χ3v) is 4.03. The fourth-order valence-corrected chi connectivity index (χ4v) is 2.54. The van der Waals surface area contributed by atoms with Gasteiger partial charge in [-0.25, -0.2) is 0 Å². The first-order valence-corrected chi connectivity index (χ1v) is 7.39. The van der Waals surface area contributed by atoms with E-state index in [-0.39, 0.29) is 5.91 Å². The number of nitrogens with zero attached hydrogens (tertiary/aromatic N) is 1. The van der Waals surface area contributed by atoms with Crippen LogP contribution in [-0.2, 0) is 11.2 Å². The van der Waals surface area contributed by atoms with Crippen molar-refractivity contribution in [1.29, 1.82) is 0 Å². The Kier molecular flexibility index (Phi) is 5.41. The van der Waals surface area contributed by atoms with Crippen LogP contribution >= 0.6 is 0 Å². The molecule has 2 N–H and O–H groups in total. The monoisotopic (exact) mass is 275 g/mol. The number of nitrogens with one attached hydrogen (secondary N) is 2. The zero-order valence-corrected chi connectivity index (χ0v) is 12.5. The molecule has 0 spiro atoms. The van der Waals surface area contributed by atoms with E-state index in [1.54, 1.807) is 7.05 Å². The van der Waals surface area contributed by atoms with Gasteiger partial charge in [0.05, 0.1) is 6.42 Å². The Morgan fingerprint density at radius 2 is 1.90 bits per heavy atom. The van der Waals surface area contributed by atoms with Crippen molar-refractivity contribution in [1.82, 2.24) is 10.2 Å². The van der Waals surface area contributed by atoms with E-state index < -0.39 is 0 Å². The van der Waals surface area contributed by atoms with Crippen LogP contribution in [0.2, 0.25) is 0 Å². The molecule has 0 radical (unpaired) electrons. The number of likely N-dealkylation sites (N-methyl/N-ethyl adjacent to an activating group) is 1. The minimum absolute atomic E-state index is 0.0528. The number of hydrogen-bond donors (Lipinski definition) is 2. The highest BCUT2D eigenvalue weighted by molar-refractivity contribution is 5.78. The van der Waals surface area contributed by atoms with E-state index in [0.29, 0.717) is 6.42 Å². The van der Waals surface area contributed by atoms with Crippen molar-refractivity contribution in [2.24, 2.45) is 5.92 Å². The molecule has 20 heavy (non-hydrogen) atoms. The lowest BCUT2D eigenvalue weighted by Gasteiger charge is -2.29. The fourth-order valence-electron chi connectivity index (χ4n) is 2.54. The molecule has 1 heterocycles. The van der Waals surface area contributed by atoms with E-state index in [9.17, 15) is 4.79 Å². The molecule has 1 aliphatic heterocycles. The van der Waals surface area contributed by atoms with E-state index in [4.69, 9.17) is 0 Å². The first-order valence-electron chi connectivity index (χ1n) is 7.39. The van der Waals surface area contributed by atoms with Gasteiger partial charge in [-0.1, -0.05) is 12.1 Å². The highest BCUT2D eigenvalue weighted by atomic mass is 16.1. The maximum absolute atomic E-state index is 11.3. The predicted octanol–water partition coefficient (Wildman–Crippen LogP) is 1.73. The third-order valence-electron chi connectivity index (χ3n) is 4.03. The number of carbonyl (C=O) groups is 1. The van der Waals surface area contributed by atoms with Gasteiger partial charge in [0, 0.05) is 19.3 Å². The van der Waals surface area contributed by atoms with Crippen LogP contribution in [0.15, 0.2) is 24.3 Å². The van der Waals surface area contributed by atoms with Gasteiger partial charge in [-0.2, -0.15) is 0 Å². The number of rotatable bonds is 5. The van der Waals surface area contributed by atoms with E-state index in [0.717, 1.165) is 23.7 Å². The summed E-state index contributed by atoms with van der Waals surface area (Å²) < 4.78 is 0. The van der Waals surface area contributed by atoms with E-state index in [2.05, 4.69) is 34.7 Å². The smallest absolute Gasteiger partial charge is 0.224 e. The van der Waals surface area contributed by atoms with Crippen LogP contribution in [-0.4, -0.2) is 44.5 Å². The summed E-state index contributed by atoms with van der Waals surface area (Å²) in [6.45, 7) is 3.46. The van der Waals surface area contributed by atoms with Gasteiger partial charge in [0.15, 0.2) is 0 Å². The van der Waals surface area contributed by atoms with E-state index >= 15 is 0 Å². The molecule has 0 aromatic heterocycles. The first-order chi connectivity index (χ1) is 9.67. The summed E-state index contributed by atoms with van der Waals surface area (Å²) in [5.41, 5.74) is 2.19. The van der Waals surface area contributed by atoms with Crippen molar-refractivity contribution in [2.45, 2.75) is 19.3 Å².